The molecule has 3 heterocycles. The molecule has 2 aromatic heterocycles. The second-order valence-electron chi connectivity index (χ2n) is 8.34. The maximum Gasteiger partial charge on any atom is 0.269 e. The molecule has 0 radical (unpaired) electrons. The van der Waals surface area contributed by atoms with Gasteiger partial charge in [-0.15, -0.1) is 0 Å². The molecule has 3 aromatic rings. The number of hydrogen-bond donors (Lipinski definition) is 1. The summed E-state index contributed by atoms with van der Waals surface area (Å²) in [6.45, 7) is 6.69. The number of fused-ring (bicyclic) bond motifs is 1. The summed E-state index contributed by atoms with van der Waals surface area (Å²) in [7, 11) is 0. The highest BCUT2D eigenvalue weighted by atomic mass is 16.5. The predicted octanol–water partition coefficient (Wildman–Crippen LogP) is 3.61. The second-order valence-corrected chi connectivity index (χ2v) is 8.34. The fraction of sp³-hybridized carbons (Fsp3) is 0.308. The molecule has 8 nitrogen and oxygen atoms in total. The Morgan fingerprint density at radius 3 is 2.82 bits per heavy atom. The number of nitriles is 1. The Labute approximate surface area is 197 Å². The number of hydrogen-bond acceptors (Lipinski definition) is 6. The summed E-state index contributed by atoms with van der Waals surface area (Å²) in [4.78, 5) is 30.7. The molecule has 1 amide bonds. The molecule has 0 saturated carbocycles. The summed E-state index contributed by atoms with van der Waals surface area (Å²) in [5.74, 6) is -0.00192. The van der Waals surface area contributed by atoms with Crippen molar-refractivity contribution < 1.29 is 14.3 Å². The highest BCUT2D eigenvalue weighted by Crippen LogP contribution is 2.28. The van der Waals surface area contributed by atoms with Crippen LogP contribution in [0.15, 0.2) is 46.9 Å². The fourth-order valence-corrected chi connectivity index (χ4v) is 3.83. The molecule has 8 heteroatoms. The number of pyridine rings is 1. The zero-order valence-corrected chi connectivity index (χ0v) is 19.4. The first-order chi connectivity index (χ1) is 16.4. The van der Waals surface area contributed by atoms with Gasteiger partial charge in [0, 0.05) is 19.3 Å². The molecule has 0 bridgehead atoms. The van der Waals surface area contributed by atoms with Crippen LogP contribution in [0.5, 0.6) is 11.6 Å². The lowest BCUT2D eigenvalue weighted by Crippen LogP contribution is -2.32. The number of amides is 1. The molecule has 34 heavy (non-hydrogen) atoms. The van der Waals surface area contributed by atoms with Gasteiger partial charge in [0.1, 0.15) is 28.6 Å². The quantitative estimate of drug-likeness (QED) is 0.447. The number of rotatable bonds is 6. The minimum atomic E-state index is -0.579. The Morgan fingerprint density at radius 2 is 2.09 bits per heavy atom. The third-order valence-electron chi connectivity index (χ3n) is 5.98. The summed E-state index contributed by atoms with van der Waals surface area (Å²) in [6, 6.07) is 11.1. The molecular weight excluding hydrogens is 432 g/mol. The van der Waals surface area contributed by atoms with Crippen LogP contribution in [-0.2, 0) is 9.53 Å². The predicted molar refractivity (Wildman–Crippen MR) is 128 cm³/mol. The monoisotopic (exact) mass is 458 g/mol. The molecule has 1 unspecified atom stereocenters. The van der Waals surface area contributed by atoms with Crippen LogP contribution in [0.4, 0.5) is 0 Å². The summed E-state index contributed by atoms with van der Waals surface area (Å²) in [5.41, 5.74) is 2.52. The molecule has 1 aliphatic heterocycles. The minimum Gasteiger partial charge on any atom is -0.438 e. The van der Waals surface area contributed by atoms with Gasteiger partial charge >= 0.3 is 0 Å². The van der Waals surface area contributed by atoms with Crippen LogP contribution in [-0.4, -0.2) is 34.5 Å². The third-order valence-corrected chi connectivity index (χ3v) is 5.98. The minimum absolute atomic E-state index is 0.0211. The Balaban J connectivity index is 1.79. The van der Waals surface area contributed by atoms with Crippen LogP contribution >= 0.6 is 0 Å². The zero-order chi connectivity index (χ0) is 24.2. The van der Waals surface area contributed by atoms with Gasteiger partial charge in [-0.1, -0.05) is 18.2 Å². The van der Waals surface area contributed by atoms with Gasteiger partial charge in [-0.3, -0.25) is 14.0 Å². The third kappa shape index (κ3) is 4.70. The lowest BCUT2D eigenvalue weighted by Gasteiger charge is -2.14. The summed E-state index contributed by atoms with van der Waals surface area (Å²) in [5, 5.41) is 12.4. The molecule has 174 valence electrons. The van der Waals surface area contributed by atoms with E-state index in [1.807, 2.05) is 45.0 Å². The molecular formula is C26H26N4O4. The molecule has 1 N–H and O–H groups in total. The van der Waals surface area contributed by atoms with Crippen LogP contribution in [0.25, 0.3) is 11.7 Å². The number of benzene rings is 1. The molecule has 4 rings (SSSR count). The van der Waals surface area contributed by atoms with E-state index in [1.165, 1.54) is 10.5 Å². The Kier molecular flexibility index (Phi) is 6.75. The van der Waals surface area contributed by atoms with Gasteiger partial charge in [-0.25, -0.2) is 0 Å². The van der Waals surface area contributed by atoms with E-state index in [-0.39, 0.29) is 23.1 Å². The van der Waals surface area contributed by atoms with Crippen molar-refractivity contribution in [1.29, 1.82) is 5.26 Å². The van der Waals surface area contributed by atoms with E-state index >= 15 is 0 Å². The molecule has 1 saturated heterocycles. The van der Waals surface area contributed by atoms with E-state index < -0.39 is 11.5 Å². The van der Waals surface area contributed by atoms with Crippen molar-refractivity contribution in [1.82, 2.24) is 14.7 Å². The summed E-state index contributed by atoms with van der Waals surface area (Å²) < 4.78 is 13.0. The second kappa shape index (κ2) is 9.89. The molecule has 1 aromatic carbocycles. The maximum absolute atomic E-state index is 13.4. The van der Waals surface area contributed by atoms with Gasteiger partial charge in [0.2, 0.25) is 5.88 Å². The smallest absolute Gasteiger partial charge is 0.269 e. The fourth-order valence-electron chi connectivity index (χ4n) is 3.83. The highest BCUT2D eigenvalue weighted by Gasteiger charge is 2.20. The van der Waals surface area contributed by atoms with Gasteiger partial charge in [0.05, 0.1) is 6.10 Å². The van der Waals surface area contributed by atoms with Crippen molar-refractivity contribution in [3.8, 4) is 17.7 Å². The van der Waals surface area contributed by atoms with Crippen molar-refractivity contribution in [3.05, 3.63) is 74.7 Å². The lowest BCUT2D eigenvalue weighted by molar-refractivity contribution is -0.117. The van der Waals surface area contributed by atoms with Crippen molar-refractivity contribution in [2.24, 2.45) is 0 Å². The number of nitrogens with zero attached hydrogens (tertiary/aromatic N) is 3. The van der Waals surface area contributed by atoms with Crippen LogP contribution in [0.1, 0.15) is 35.1 Å². The Morgan fingerprint density at radius 1 is 1.29 bits per heavy atom. The number of aryl methyl sites for hydroxylation is 2. The number of carbonyl (C=O) groups is 1. The summed E-state index contributed by atoms with van der Waals surface area (Å²) in [6.07, 6.45) is 4.58. The first-order valence-corrected chi connectivity index (χ1v) is 11.2. The number of nitrogens with one attached hydrogen (secondary N) is 1. The molecule has 1 fully saturated rings. The van der Waals surface area contributed by atoms with Crippen molar-refractivity contribution in [2.75, 3.05) is 13.2 Å². The number of aromatic nitrogens is 2. The van der Waals surface area contributed by atoms with Crippen molar-refractivity contribution >= 4 is 17.6 Å². The van der Waals surface area contributed by atoms with Crippen LogP contribution < -0.4 is 15.6 Å². The van der Waals surface area contributed by atoms with E-state index in [1.54, 1.807) is 18.3 Å². The van der Waals surface area contributed by atoms with E-state index in [0.717, 1.165) is 29.5 Å². The van der Waals surface area contributed by atoms with Crippen molar-refractivity contribution in [3.63, 3.8) is 0 Å². The first-order valence-electron chi connectivity index (χ1n) is 11.2. The molecule has 1 atom stereocenters. The van der Waals surface area contributed by atoms with Gasteiger partial charge in [-0.05, 0) is 68.5 Å². The Bertz CT molecular complexity index is 1380. The van der Waals surface area contributed by atoms with Gasteiger partial charge in [0.15, 0.2) is 0 Å². The average molecular weight is 459 g/mol. The molecule has 0 spiro atoms. The standard InChI is InChI=1S/C26H26N4O4/c1-16-7-4-10-22(18(16)3)34-25-21(26(32)30-11-5-8-17(2)23(30)29-25)13-19(14-27)24(31)28-15-20-9-6-12-33-20/h4-5,7-8,10-11,13,20H,6,9,12,15H2,1-3H3,(H,28,31). The topological polar surface area (TPSA) is 106 Å². The van der Waals surface area contributed by atoms with Gasteiger partial charge < -0.3 is 14.8 Å². The van der Waals surface area contributed by atoms with E-state index in [4.69, 9.17) is 9.47 Å². The van der Waals surface area contributed by atoms with Crippen LogP contribution in [0.3, 0.4) is 0 Å². The highest BCUT2D eigenvalue weighted by molar-refractivity contribution is 6.01. The summed E-state index contributed by atoms with van der Waals surface area (Å²) >= 11 is 0. The first kappa shape index (κ1) is 23.2. The maximum atomic E-state index is 13.4. The van der Waals surface area contributed by atoms with E-state index in [9.17, 15) is 14.9 Å². The molecule has 0 aliphatic carbocycles. The normalized spacial score (nSPS) is 15.8. The van der Waals surface area contributed by atoms with E-state index in [0.29, 0.717) is 24.5 Å². The largest absolute Gasteiger partial charge is 0.438 e. The van der Waals surface area contributed by atoms with Crippen molar-refractivity contribution in [2.45, 2.75) is 39.7 Å². The average Bonchev–Trinajstić information content (AvgIpc) is 3.35. The number of carbonyl (C=O) groups excluding carboxylic acids is 1. The Hall–Kier alpha value is -3.96. The van der Waals surface area contributed by atoms with Crippen LogP contribution in [0, 0.1) is 32.1 Å². The van der Waals surface area contributed by atoms with E-state index in [2.05, 4.69) is 10.3 Å². The lowest BCUT2D eigenvalue weighted by atomic mass is 10.1. The van der Waals surface area contributed by atoms with Gasteiger partial charge in [0.25, 0.3) is 11.5 Å². The zero-order valence-electron chi connectivity index (χ0n) is 19.4. The molecule has 1 aliphatic rings. The SMILES string of the molecule is Cc1cccc(Oc2nc3c(C)cccn3c(=O)c2C=C(C#N)C(=O)NCC2CCCO2)c1C. The number of ether oxygens (including phenoxy) is 2. The van der Waals surface area contributed by atoms with Gasteiger partial charge in [-0.2, -0.15) is 10.2 Å². The van der Waals surface area contributed by atoms with Crippen LogP contribution in [0.2, 0.25) is 0 Å².